The Bertz CT molecular complexity index is 1510. The van der Waals surface area contributed by atoms with Crippen LogP contribution in [0.25, 0.3) is 16.6 Å². The lowest BCUT2D eigenvalue weighted by Gasteiger charge is -2.33. The van der Waals surface area contributed by atoms with Crippen molar-refractivity contribution in [3.8, 4) is 23.3 Å². The topological polar surface area (TPSA) is 85.9 Å². The molecule has 36 heavy (non-hydrogen) atoms. The number of hydrogen-bond donors (Lipinski definition) is 0. The van der Waals surface area contributed by atoms with Gasteiger partial charge in [-0.15, -0.1) is 0 Å². The summed E-state index contributed by atoms with van der Waals surface area (Å²) in [6, 6.07) is 15.2. The summed E-state index contributed by atoms with van der Waals surface area (Å²) in [4.78, 5) is 4.08. The van der Waals surface area contributed by atoms with Crippen molar-refractivity contribution in [2.75, 3.05) is 14.1 Å². The quantitative estimate of drug-likeness (QED) is 0.350. The Morgan fingerprint density at radius 2 is 1.72 bits per heavy atom. The maximum Gasteiger partial charge on any atom is 0.103 e. The molecular weight excluding hydrogens is 466 g/mol. The van der Waals surface area contributed by atoms with Gasteiger partial charge in [0.05, 0.1) is 34.6 Å². The summed E-state index contributed by atoms with van der Waals surface area (Å²) in [6.45, 7) is 4.22. The molecule has 1 saturated carbocycles. The van der Waals surface area contributed by atoms with Gasteiger partial charge in [-0.25, -0.2) is 4.52 Å². The zero-order chi connectivity index (χ0) is 25.4. The van der Waals surface area contributed by atoms with Crippen LogP contribution in [0.4, 0.5) is 0 Å². The maximum absolute atomic E-state index is 9.71. The summed E-state index contributed by atoms with van der Waals surface area (Å²) in [6.07, 6.45) is 8.20. The molecule has 3 aromatic heterocycles. The second-order valence-corrected chi connectivity index (χ2v) is 10.8. The van der Waals surface area contributed by atoms with E-state index >= 15 is 0 Å². The fourth-order valence-corrected chi connectivity index (χ4v) is 6.50. The average Bonchev–Trinajstić information content (AvgIpc) is 3.44. The summed E-state index contributed by atoms with van der Waals surface area (Å²) in [5, 5.41) is 28.8. The Morgan fingerprint density at radius 1 is 1.00 bits per heavy atom. The highest BCUT2D eigenvalue weighted by Gasteiger charge is 2.27. The SMILES string of the molecule is Cc1nn([C@H]2CC[C@@H](N(C)C)CC2)c(C)c1-c1cc(Sc2ccccc2C#N)c2c(C#N)cnn2c1. The number of aromatic nitrogens is 4. The van der Waals surface area contributed by atoms with Crippen LogP contribution in [0.2, 0.25) is 0 Å². The van der Waals surface area contributed by atoms with Crippen LogP contribution in [-0.2, 0) is 0 Å². The van der Waals surface area contributed by atoms with Gasteiger partial charge in [0.2, 0.25) is 0 Å². The van der Waals surface area contributed by atoms with Crippen LogP contribution in [-0.4, -0.2) is 44.4 Å². The molecule has 1 fully saturated rings. The van der Waals surface area contributed by atoms with Gasteiger partial charge in [-0.3, -0.25) is 4.68 Å². The number of nitriles is 2. The van der Waals surface area contributed by atoms with E-state index in [9.17, 15) is 10.5 Å². The van der Waals surface area contributed by atoms with Crippen molar-refractivity contribution in [1.29, 1.82) is 10.5 Å². The molecule has 0 atom stereocenters. The van der Waals surface area contributed by atoms with Gasteiger partial charge < -0.3 is 4.90 Å². The molecule has 182 valence electrons. The number of aryl methyl sites for hydroxylation is 1. The highest BCUT2D eigenvalue weighted by atomic mass is 32.2. The summed E-state index contributed by atoms with van der Waals surface area (Å²) < 4.78 is 4.01. The van der Waals surface area contributed by atoms with Crippen molar-refractivity contribution in [2.24, 2.45) is 0 Å². The van der Waals surface area contributed by atoms with Crippen LogP contribution in [0, 0.1) is 36.5 Å². The zero-order valence-electron chi connectivity index (χ0n) is 21.1. The fourth-order valence-electron chi connectivity index (χ4n) is 5.40. The van der Waals surface area contributed by atoms with Gasteiger partial charge in [0.1, 0.15) is 12.1 Å². The van der Waals surface area contributed by atoms with E-state index in [-0.39, 0.29) is 0 Å². The molecule has 0 radical (unpaired) electrons. The third kappa shape index (κ3) is 4.28. The molecule has 8 heteroatoms. The van der Waals surface area contributed by atoms with Crippen molar-refractivity contribution in [3.05, 3.63) is 65.2 Å². The second-order valence-electron chi connectivity index (χ2n) is 9.68. The molecule has 3 heterocycles. The minimum atomic E-state index is 0.406. The number of hydrogen-bond acceptors (Lipinski definition) is 6. The number of fused-ring (bicyclic) bond motifs is 1. The molecule has 0 amide bonds. The van der Waals surface area contributed by atoms with Crippen LogP contribution in [0.1, 0.15) is 54.2 Å². The van der Waals surface area contributed by atoms with Crippen molar-refractivity contribution < 1.29 is 0 Å². The zero-order valence-corrected chi connectivity index (χ0v) is 21.9. The molecular formula is C28H29N7S. The summed E-state index contributed by atoms with van der Waals surface area (Å²) in [7, 11) is 4.33. The highest BCUT2D eigenvalue weighted by molar-refractivity contribution is 7.99. The van der Waals surface area contributed by atoms with E-state index in [4.69, 9.17) is 5.10 Å². The van der Waals surface area contributed by atoms with Gasteiger partial charge >= 0.3 is 0 Å². The first-order valence-electron chi connectivity index (χ1n) is 12.2. The molecule has 0 unspecified atom stereocenters. The molecule has 0 spiro atoms. The Balaban J connectivity index is 1.58. The standard InChI is InChI=1S/C28H29N7S/c1-18-27(19(2)35(32-18)24-11-9-23(10-12-24)33(3)4)21-13-26(28-22(15-30)16-31-34(28)17-21)36-25-8-6-5-7-20(25)14-29/h5-8,13,16-17,23-24H,9-12H2,1-4H3/t23-,24+. The number of nitrogens with zero attached hydrogens (tertiary/aromatic N) is 7. The lowest BCUT2D eigenvalue weighted by Crippen LogP contribution is -2.33. The maximum atomic E-state index is 9.71. The first kappa shape index (κ1) is 24.1. The van der Waals surface area contributed by atoms with Crippen LogP contribution in [0.5, 0.6) is 0 Å². The lowest BCUT2D eigenvalue weighted by atomic mass is 9.90. The molecule has 0 N–H and O–H groups in total. The normalized spacial score (nSPS) is 17.9. The molecule has 0 bridgehead atoms. The van der Waals surface area contributed by atoms with Crippen molar-refractivity contribution in [2.45, 2.75) is 61.4 Å². The predicted octanol–water partition coefficient (Wildman–Crippen LogP) is 5.75. The number of benzene rings is 1. The summed E-state index contributed by atoms with van der Waals surface area (Å²) >= 11 is 1.49. The summed E-state index contributed by atoms with van der Waals surface area (Å²) in [5.41, 5.74) is 6.14. The number of rotatable bonds is 5. The highest BCUT2D eigenvalue weighted by Crippen LogP contribution is 2.39. The summed E-state index contributed by atoms with van der Waals surface area (Å²) in [5.74, 6) is 0. The van der Waals surface area contributed by atoms with Gasteiger partial charge in [-0.1, -0.05) is 23.9 Å². The molecule has 1 aromatic carbocycles. The average molecular weight is 496 g/mol. The van der Waals surface area contributed by atoms with Gasteiger partial charge in [0.15, 0.2) is 0 Å². The van der Waals surface area contributed by atoms with E-state index < -0.39 is 0 Å². The van der Waals surface area contributed by atoms with E-state index in [0.717, 1.165) is 50.7 Å². The predicted molar refractivity (Wildman–Crippen MR) is 141 cm³/mol. The Morgan fingerprint density at radius 3 is 2.42 bits per heavy atom. The van der Waals surface area contributed by atoms with Crippen LogP contribution >= 0.6 is 11.8 Å². The molecule has 5 rings (SSSR count). The fraction of sp³-hybridized carbons (Fsp3) is 0.357. The minimum absolute atomic E-state index is 0.406. The van der Waals surface area contributed by atoms with Gasteiger partial charge in [-0.2, -0.15) is 20.7 Å². The Kier molecular flexibility index (Phi) is 6.57. The molecule has 7 nitrogen and oxygen atoms in total. The van der Waals surface area contributed by atoms with Gasteiger partial charge in [0, 0.05) is 38.9 Å². The van der Waals surface area contributed by atoms with Crippen molar-refractivity contribution in [3.63, 3.8) is 0 Å². The van der Waals surface area contributed by atoms with Crippen molar-refractivity contribution >= 4 is 17.3 Å². The van der Waals surface area contributed by atoms with Gasteiger partial charge in [-0.05, 0) is 71.8 Å². The molecule has 0 aliphatic heterocycles. The van der Waals surface area contributed by atoms with Crippen LogP contribution in [0.3, 0.4) is 0 Å². The Labute approximate surface area is 216 Å². The Hall–Kier alpha value is -3.59. The van der Waals surface area contributed by atoms with E-state index in [1.54, 1.807) is 10.7 Å². The monoisotopic (exact) mass is 495 g/mol. The largest absolute Gasteiger partial charge is 0.306 e. The first-order chi connectivity index (χ1) is 17.4. The molecule has 1 aliphatic rings. The third-order valence-corrected chi connectivity index (χ3v) is 8.39. The molecule has 0 saturated heterocycles. The van der Waals surface area contributed by atoms with Crippen molar-refractivity contribution in [1.82, 2.24) is 24.3 Å². The van der Waals surface area contributed by atoms with E-state index in [1.165, 1.54) is 24.6 Å². The molecule has 1 aliphatic carbocycles. The lowest BCUT2D eigenvalue weighted by molar-refractivity contribution is 0.188. The number of pyridine rings is 1. The van der Waals surface area contributed by atoms with E-state index in [1.807, 2.05) is 30.5 Å². The minimum Gasteiger partial charge on any atom is -0.306 e. The molecule has 4 aromatic rings. The smallest absolute Gasteiger partial charge is 0.103 e. The van der Waals surface area contributed by atoms with E-state index in [0.29, 0.717) is 23.2 Å². The van der Waals surface area contributed by atoms with E-state index in [2.05, 4.69) is 60.8 Å². The van der Waals surface area contributed by atoms with Gasteiger partial charge in [0.25, 0.3) is 0 Å². The second kappa shape index (κ2) is 9.81. The van der Waals surface area contributed by atoms with Crippen LogP contribution in [0.15, 0.2) is 52.5 Å². The van der Waals surface area contributed by atoms with Crippen LogP contribution < -0.4 is 0 Å². The third-order valence-electron chi connectivity index (χ3n) is 7.28. The first-order valence-corrected chi connectivity index (χ1v) is 13.0.